The van der Waals surface area contributed by atoms with Crippen LogP contribution in [0.25, 0.3) is 4.96 Å². The van der Waals surface area contributed by atoms with Crippen molar-refractivity contribution in [1.82, 2.24) is 14.6 Å². The van der Waals surface area contributed by atoms with E-state index in [1.54, 1.807) is 4.52 Å². The lowest BCUT2D eigenvalue weighted by atomic mass is 10.1. The van der Waals surface area contributed by atoms with Crippen molar-refractivity contribution >= 4 is 33.7 Å². The van der Waals surface area contributed by atoms with Crippen molar-refractivity contribution in [3.05, 3.63) is 46.1 Å². The number of thiazole rings is 1. The van der Waals surface area contributed by atoms with Gasteiger partial charge in [0.25, 0.3) is 0 Å². The summed E-state index contributed by atoms with van der Waals surface area (Å²) in [5.41, 5.74) is 6.89. The minimum absolute atomic E-state index is 0.625. The number of nitrogens with two attached hydrogens (primary N) is 1. The number of hydrogen-bond acceptors (Lipinski definition) is 4. The van der Waals surface area contributed by atoms with Crippen LogP contribution in [0, 0.1) is 0 Å². The molecule has 86 valence electrons. The molecule has 0 saturated carbocycles. The Kier molecular flexibility index (Phi) is 2.49. The molecule has 0 bridgehead atoms. The van der Waals surface area contributed by atoms with Gasteiger partial charge in [0.2, 0.25) is 4.96 Å². The lowest BCUT2D eigenvalue weighted by Gasteiger charge is -1.96. The van der Waals surface area contributed by atoms with Gasteiger partial charge < -0.3 is 5.73 Å². The molecule has 1 aromatic carbocycles. The second kappa shape index (κ2) is 4.01. The van der Waals surface area contributed by atoms with Gasteiger partial charge in [0.05, 0.1) is 0 Å². The Balaban J connectivity index is 1.91. The molecule has 0 saturated heterocycles. The molecule has 0 fully saturated rings. The van der Waals surface area contributed by atoms with E-state index in [2.05, 4.69) is 10.1 Å². The maximum Gasteiger partial charge on any atom is 0.214 e. The fourth-order valence-corrected chi connectivity index (χ4v) is 2.46. The largest absolute Gasteiger partial charge is 0.383 e. The number of hydrogen-bond donors (Lipinski definition) is 1. The van der Waals surface area contributed by atoms with E-state index in [0.717, 1.165) is 21.4 Å². The molecule has 0 atom stereocenters. The van der Waals surface area contributed by atoms with E-state index < -0.39 is 0 Å². The third-order valence-corrected chi connectivity index (χ3v) is 3.51. The molecule has 6 heteroatoms. The standard InChI is InChI=1S/C11H9ClN4S/c12-8-3-1-7(2-4-8)5-10-14-11-16(15-10)9(13)6-17-11/h1-4,6H,5,13H2. The maximum absolute atomic E-state index is 5.83. The van der Waals surface area contributed by atoms with Crippen molar-refractivity contribution in [2.24, 2.45) is 0 Å². The Morgan fingerprint density at radius 1 is 1.29 bits per heavy atom. The zero-order chi connectivity index (χ0) is 11.8. The molecule has 3 aromatic rings. The van der Waals surface area contributed by atoms with E-state index in [1.165, 1.54) is 11.3 Å². The average molecular weight is 265 g/mol. The molecular weight excluding hydrogens is 256 g/mol. The van der Waals surface area contributed by atoms with Crippen molar-refractivity contribution in [1.29, 1.82) is 0 Å². The van der Waals surface area contributed by atoms with Gasteiger partial charge in [-0.15, -0.1) is 16.4 Å². The van der Waals surface area contributed by atoms with Crippen LogP contribution in [0.1, 0.15) is 11.4 Å². The highest BCUT2D eigenvalue weighted by atomic mass is 35.5. The van der Waals surface area contributed by atoms with Crippen molar-refractivity contribution in [2.45, 2.75) is 6.42 Å². The van der Waals surface area contributed by atoms with Crippen LogP contribution in [0.3, 0.4) is 0 Å². The third-order valence-electron chi connectivity index (χ3n) is 2.43. The Morgan fingerprint density at radius 3 is 2.76 bits per heavy atom. The van der Waals surface area contributed by atoms with Crippen molar-refractivity contribution in [2.75, 3.05) is 5.73 Å². The predicted octanol–water partition coefficient (Wildman–Crippen LogP) is 2.62. The molecule has 0 aliphatic rings. The minimum Gasteiger partial charge on any atom is -0.383 e. The summed E-state index contributed by atoms with van der Waals surface area (Å²) in [6, 6.07) is 7.68. The van der Waals surface area contributed by atoms with E-state index >= 15 is 0 Å². The van der Waals surface area contributed by atoms with Crippen LogP contribution in [0.4, 0.5) is 5.82 Å². The fourth-order valence-electron chi connectivity index (χ4n) is 1.61. The Morgan fingerprint density at radius 2 is 2.06 bits per heavy atom. The molecule has 2 aromatic heterocycles. The van der Waals surface area contributed by atoms with Gasteiger partial charge >= 0.3 is 0 Å². The molecule has 0 aliphatic carbocycles. The summed E-state index contributed by atoms with van der Waals surface area (Å²) < 4.78 is 1.66. The number of anilines is 1. The van der Waals surface area contributed by atoms with Gasteiger partial charge in [-0.2, -0.15) is 4.52 Å². The van der Waals surface area contributed by atoms with Crippen LogP contribution in [0.5, 0.6) is 0 Å². The van der Waals surface area contributed by atoms with Crippen LogP contribution >= 0.6 is 22.9 Å². The first kappa shape index (κ1) is 10.6. The van der Waals surface area contributed by atoms with E-state index in [1.807, 2.05) is 29.6 Å². The summed E-state index contributed by atoms with van der Waals surface area (Å²) in [7, 11) is 0. The zero-order valence-corrected chi connectivity index (χ0v) is 10.4. The summed E-state index contributed by atoms with van der Waals surface area (Å²) in [6.45, 7) is 0. The predicted molar refractivity (Wildman–Crippen MR) is 69.5 cm³/mol. The monoisotopic (exact) mass is 264 g/mol. The highest BCUT2D eigenvalue weighted by molar-refractivity contribution is 7.15. The normalized spacial score (nSPS) is 11.1. The first-order valence-corrected chi connectivity index (χ1v) is 6.31. The number of rotatable bonds is 2. The summed E-state index contributed by atoms with van der Waals surface area (Å²) >= 11 is 7.32. The zero-order valence-electron chi connectivity index (χ0n) is 8.80. The second-order valence-corrected chi connectivity index (χ2v) is 4.96. The molecule has 17 heavy (non-hydrogen) atoms. The SMILES string of the molecule is Nc1csc2nc(Cc3ccc(Cl)cc3)nn12. The molecule has 0 spiro atoms. The minimum atomic E-state index is 0.625. The summed E-state index contributed by atoms with van der Waals surface area (Å²) in [4.78, 5) is 5.23. The molecule has 2 N–H and O–H groups in total. The quantitative estimate of drug-likeness (QED) is 0.774. The number of fused-ring (bicyclic) bond motifs is 1. The number of halogens is 1. The highest BCUT2D eigenvalue weighted by Gasteiger charge is 2.08. The average Bonchev–Trinajstić information content (AvgIpc) is 2.85. The van der Waals surface area contributed by atoms with Crippen LogP contribution < -0.4 is 5.73 Å². The molecule has 4 nitrogen and oxygen atoms in total. The van der Waals surface area contributed by atoms with E-state index in [9.17, 15) is 0 Å². The molecule has 0 aliphatic heterocycles. The lowest BCUT2D eigenvalue weighted by Crippen LogP contribution is -1.95. The Labute approximate surface area is 107 Å². The van der Waals surface area contributed by atoms with Crippen LogP contribution in [0.2, 0.25) is 5.02 Å². The lowest BCUT2D eigenvalue weighted by molar-refractivity contribution is 0.914. The summed E-state index contributed by atoms with van der Waals surface area (Å²) in [5, 5.41) is 6.92. The highest BCUT2D eigenvalue weighted by Crippen LogP contribution is 2.17. The molecule has 2 heterocycles. The van der Waals surface area contributed by atoms with E-state index in [0.29, 0.717) is 12.2 Å². The topological polar surface area (TPSA) is 56.2 Å². The van der Waals surface area contributed by atoms with E-state index in [4.69, 9.17) is 17.3 Å². The Hall–Kier alpha value is -1.59. The van der Waals surface area contributed by atoms with Gasteiger partial charge in [-0.05, 0) is 17.7 Å². The summed E-state index contributed by atoms with van der Waals surface area (Å²) in [6.07, 6.45) is 0.686. The van der Waals surface area contributed by atoms with Gasteiger partial charge in [0.15, 0.2) is 5.82 Å². The number of aromatic nitrogens is 3. The van der Waals surface area contributed by atoms with Crippen molar-refractivity contribution in [3.63, 3.8) is 0 Å². The smallest absolute Gasteiger partial charge is 0.214 e. The summed E-state index contributed by atoms with van der Waals surface area (Å²) in [5.74, 6) is 1.39. The second-order valence-electron chi connectivity index (χ2n) is 3.69. The van der Waals surface area contributed by atoms with Crippen molar-refractivity contribution in [3.8, 4) is 0 Å². The molecule has 3 rings (SSSR count). The Bertz CT molecular complexity index is 656. The van der Waals surface area contributed by atoms with E-state index in [-0.39, 0.29) is 0 Å². The van der Waals surface area contributed by atoms with Gasteiger partial charge in [-0.25, -0.2) is 4.98 Å². The maximum atomic E-state index is 5.83. The number of nitrogen functional groups attached to an aromatic ring is 1. The van der Waals surface area contributed by atoms with Gasteiger partial charge in [-0.1, -0.05) is 23.7 Å². The first-order valence-electron chi connectivity index (χ1n) is 5.05. The van der Waals surface area contributed by atoms with Crippen molar-refractivity contribution < 1.29 is 0 Å². The molecule has 0 amide bonds. The molecule has 0 radical (unpaired) electrons. The van der Waals surface area contributed by atoms with Crippen LogP contribution in [-0.2, 0) is 6.42 Å². The van der Waals surface area contributed by atoms with Gasteiger partial charge in [0.1, 0.15) is 5.82 Å². The van der Waals surface area contributed by atoms with Gasteiger partial charge in [0, 0.05) is 16.8 Å². The van der Waals surface area contributed by atoms with Crippen LogP contribution in [-0.4, -0.2) is 14.6 Å². The molecular formula is C11H9ClN4S. The van der Waals surface area contributed by atoms with Crippen LogP contribution in [0.15, 0.2) is 29.6 Å². The third kappa shape index (κ3) is 1.99. The number of nitrogens with zero attached hydrogens (tertiary/aromatic N) is 3. The molecule has 0 unspecified atom stereocenters. The fraction of sp³-hybridized carbons (Fsp3) is 0.0909. The number of benzene rings is 1. The van der Waals surface area contributed by atoms with Gasteiger partial charge in [-0.3, -0.25) is 0 Å². The first-order chi connectivity index (χ1) is 8.22.